The van der Waals surface area contributed by atoms with Gasteiger partial charge in [0, 0.05) is 17.3 Å². The third kappa shape index (κ3) is 3.20. The summed E-state index contributed by atoms with van der Waals surface area (Å²) >= 11 is 0. The first kappa shape index (κ1) is 16.2. The topological polar surface area (TPSA) is 80.2 Å². The molecule has 1 atom stereocenters. The minimum atomic E-state index is -0.00512. The van der Waals surface area contributed by atoms with Crippen molar-refractivity contribution < 1.29 is 0 Å². The molecule has 2 rings (SSSR count). The van der Waals surface area contributed by atoms with Crippen LogP contribution in [0.15, 0.2) is 12.3 Å². The smallest absolute Gasteiger partial charge is 0.128 e. The Morgan fingerprint density at radius 2 is 1.86 bits per heavy atom. The summed E-state index contributed by atoms with van der Waals surface area (Å²) in [7, 11) is 4.30. The van der Waals surface area contributed by atoms with E-state index in [1.165, 1.54) is 25.7 Å². The minimum Gasteiger partial charge on any atom is -0.383 e. The van der Waals surface area contributed by atoms with Gasteiger partial charge in [0.05, 0.1) is 6.04 Å². The Labute approximate surface area is 128 Å². The van der Waals surface area contributed by atoms with E-state index in [1.807, 2.05) is 13.1 Å². The van der Waals surface area contributed by atoms with Crippen LogP contribution in [0.2, 0.25) is 0 Å². The number of anilines is 1. The molecule has 1 aromatic heterocycles. The number of hydrogen-bond donors (Lipinski definition) is 3. The van der Waals surface area contributed by atoms with E-state index < -0.39 is 0 Å². The summed E-state index contributed by atoms with van der Waals surface area (Å²) in [5.41, 5.74) is 11.3. The zero-order chi connectivity index (χ0) is 15.5. The van der Waals surface area contributed by atoms with Crippen LogP contribution in [0.25, 0.3) is 0 Å². The highest BCUT2D eigenvalue weighted by Crippen LogP contribution is 2.41. The van der Waals surface area contributed by atoms with E-state index in [9.17, 15) is 0 Å². The van der Waals surface area contributed by atoms with Gasteiger partial charge in [-0.2, -0.15) is 0 Å². The quantitative estimate of drug-likeness (QED) is 0.450. The average Bonchev–Trinajstić information content (AvgIpc) is 2.70. The third-order valence-electron chi connectivity index (χ3n) is 4.96. The standard InChI is InChI=1S/C16H29N5/c1-12-10-13(15(17)19-11-12)14(20-18)16(21(2)3)8-6-4-5-7-9-16/h10-11,14,20H,4-9,18H2,1-3H3,(H2,17,19). The molecule has 0 bridgehead atoms. The number of aryl methyl sites for hydroxylation is 1. The van der Waals surface area contributed by atoms with Crippen LogP contribution in [0.4, 0.5) is 5.82 Å². The van der Waals surface area contributed by atoms with Gasteiger partial charge in [0.15, 0.2) is 0 Å². The molecule has 1 aliphatic rings. The molecular formula is C16H29N5. The lowest BCUT2D eigenvalue weighted by Crippen LogP contribution is -2.55. The molecule has 1 aliphatic carbocycles. The van der Waals surface area contributed by atoms with Gasteiger partial charge in [-0.3, -0.25) is 11.3 Å². The van der Waals surface area contributed by atoms with Crippen LogP contribution in [-0.4, -0.2) is 29.5 Å². The van der Waals surface area contributed by atoms with Crippen molar-refractivity contribution in [1.82, 2.24) is 15.3 Å². The van der Waals surface area contributed by atoms with Crippen molar-refractivity contribution in [3.8, 4) is 0 Å². The van der Waals surface area contributed by atoms with Crippen molar-refractivity contribution in [2.45, 2.75) is 57.0 Å². The highest BCUT2D eigenvalue weighted by molar-refractivity contribution is 5.44. The SMILES string of the molecule is Cc1cnc(N)c(C(NN)C2(N(C)C)CCCCCC2)c1. The summed E-state index contributed by atoms with van der Waals surface area (Å²) in [6, 6.07) is 2.11. The zero-order valence-electron chi connectivity index (χ0n) is 13.5. The molecule has 0 aromatic carbocycles. The fourth-order valence-electron chi connectivity index (χ4n) is 3.70. The molecule has 1 saturated carbocycles. The molecule has 5 N–H and O–H groups in total. The van der Waals surface area contributed by atoms with Gasteiger partial charge in [0.1, 0.15) is 5.82 Å². The number of nitrogens with one attached hydrogen (secondary N) is 1. The van der Waals surface area contributed by atoms with Crippen molar-refractivity contribution in [2.75, 3.05) is 19.8 Å². The fourth-order valence-corrected chi connectivity index (χ4v) is 3.70. The first-order valence-corrected chi connectivity index (χ1v) is 7.87. The van der Waals surface area contributed by atoms with Gasteiger partial charge >= 0.3 is 0 Å². The van der Waals surface area contributed by atoms with E-state index in [4.69, 9.17) is 11.6 Å². The summed E-state index contributed by atoms with van der Waals surface area (Å²) in [6.07, 6.45) is 9.13. The molecule has 1 unspecified atom stereocenters. The second kappa shape index (κ2) is 6.73. The van der Waals surface area contributed by atoms with Crippen LogP contribution < -0.4 is 17.0 Å². The lowest BCUT2D eigenvalue weighted by atomic mass is 9.78. The number of nitrogens with zero attached hydrogens (tertiary/aromatic N) is 2. The maximum Gasteiger partial charge on any atom is 0.128 e. The Bertz CT molecular complexity index is 464. The van der Waals surface area contributed by atoms with Gasteiger partial charge in [0.25, 0.3) is 0 Å². The summed E-state index contributed by atoms with van der Waals surface area (Å²) in [5.74, 6) is 6.55. The molecule has 118 valence electrons. The van der Waals surface area contributed by atoms with E-state index in [-0.39, 0.29) is 11.6 Å². The molecular weight excluding hydrogens is 262 g/mol. The Kier molecular flexibility index (Phi) is 5.19. The first-order chi connectivity index (χ1) is 10.0. The number of nitrogen functional groups attached to an aromatic ring is 1. The number of rotatable bonds is 4. The van der Waals surface area contributed by atoms with Gasteiger partial charge in [-0.1, -0.05) is 25.7 Å². The van der Waals surface area contributed by atoms with Gasteiger partial charge in [-0.25, -0.2) is 4.98 Å². The largest absolute Gasteiger partial charge is 0.383 e. The summed E-state index contributed by atoms with van der Waals surface area (Å²) < 4.78 is 0. The first-order valence-electron chi connectivity index (χ1n) is 7.87. The molecule has 1 aromatic rings. The van der Waals surface area contributed by atoms with Gasteiger partial charge < -0.3 is 10.6 Å². The highest BCUT2D eigenvalue weighted by Gasteiger charge is 2.42. The predicted octanol–water partition coefficient (Wildman–Crippen LogP) is 2.13. The molecule has 1 heterocycles. The van der Waals surface area contributed by atoms with Crippen molar-refractivity contribution in [2.24, 2.45) is 5.84 Å². The number of hydrazine groups is 1. The van der Waals surface area contributed by atoms with E-state index in [0.717, 1.165) is 24.0 Å². The van der Waals surface area contributed by atoms with Crippen LogP contribution in [0.5, 0.6) is 0 Å². The molecule has 0 saturated heterocycles. The third-order valence-corrected chi connectivity index (χ3v) is 4.96. The van der Waals surface area contributed by atoms with Crippen LogP contribution >= 0.6 is 0 Å². The molecule has 0 radical (unpaired) electrons. The zero-order valence-corrected chi connectivity index (χ0v) is 13.5. The Hall–Kier alpha value is -1.17. The van der Waals surface area contributed by atoms with E-state index in [1.54, 1.807) is 0 Å². The predicted molar refractivity (Wildman–Crippen MR) is 87.6 cm³/mol. The van der Waals surface area contributed by atoms with Crippen LogP contribution in [0.1, 0.15) is 55.7 Å². The summed E-state index contributed by atoms with van der Waals surface area (Å²) in [4.78, 5) is 6.64. The van der Waals surface area contributed by atoms with Crippen molar-refractivity contribution in [3.63, 3.8) is 0 Å². The van der Waals surface area contributed by atoms with Gasteiger partial charge in [0.2, 0.25) is 0 Å². The van der Waals surface area contributed by atoms with Crippen molar-refractivity contribution in [3.05, 3.63) is 23.4 Å². The number of aromatic nitrogens is 1. The number of hydrogen-bond acceptors (Lipinski definition) is 5. The molecule has 0 amide bonds. The Balaban J connectivity index is 2.46. The molecule has 21 heavy (non-hydrogen) atoms. The number of nitrogens with two attached hydrogens (primary N) is 2. The minimum absolute atomic E-state index is 0.00185. The maximum atomic E-state index is 6.15. The van der Waals surface area contributed by atoms with Crippen LogP contribution in [0.3, 0.4) is 0 Å². The Morgan fingerprint density at radius 1 is 1.24 bits per heavy atom. The summed E-state index contributed by atoms with van der Waals surface area (Å²) in [6.45, 7) is 2.04. The monoisotopic (exact) mass is 291 g/mol. The highest BCUT2D eigenvalue weighted by atomic mass is 15.3. The van der Waals surface area contributed by atoms with Crippen molar-refractivity contribution >= 4 is 5.82 Å². The molecule has 5 nitrogen and oxygen atoms in total. The normalized spacial score (nSPS) is 20.2. The van der Waals surface area contributed by atoms with Gasteiger partial charge in [-0.05, 0) is 45.5 Å². The maximum absolute atomic E-state index is 6.15. The lowest BCUT2D eigenvalue weighted by Gasteiger charge is -2.46. The van der Waals surface area contributed by atoms with Crippen molar-refractivity contribution in [1.29, 1.82) is 0 Å². The molecule has 0 spiro atoms. The van der Waals surface area contributed by atoms with E-state index in [2.05, 4.69) is 35.5 Å². The average molecular weight is 291 g/mol. The van der Waals surface area contributed by atoms with Gasteiger partial charge in [-0.15, -0.1) is 0 Å². The lowest BCUT2D eigenvalue weighted by molar-refractivity contribution is 0.0802. The number of pyridine rings is 1. The molecule has 5 heteroatoms. The molecule has 0 aliphatic heterocycles. The fraction of sp³-hybridized carbons (Fsp3) is 0.688. The van der Waals surface area contributed by atoms with E-state index in [0.29, 0.717) is 5.82 Å². The van der Waals surface area contributed by atoms with Crippen LogP contribution in [-0.2, 0) is 0 Å². The second-order valence-corrected chi connectivity index (χ2v) is 6.50. The Morgan fingerprint density at radius 3 is 2.38 bits per heavy atom. The molecule has 1 fully saturated rings. The number of likely N-dealkylation sites (N-methyl/N-ethyl adjacent to an activating group) is 1. The second-order valence-electron chi connectivity index (χ2n) is 6.50. The summed E-state index contributed by atoms with van der Waals surface area (Å²) in [5, 5.41) is 0. The van der Waals surface area contributed by atoms with E-state index >= 15 is 0 Å². The van der Waals surface area contributed by atoms with Crippen LogP contribution in [0, 0.1) is 6.92 Å².